The molecule has 1 saturated heterocycles. The number of halogens is 1. The van der Waals surface area contributed by atoms with Gasteiger partial charge in [-0.05, 0) is 55.9 Å². The maximum Gasteiger partial charge on any atom is 0.176 e. The Morgan fingerprint density at radius 2 is 1.91 bits per heavy atom. The highest BCUT2D eigenvalue weighted by Gasteiger charge is 2.24. The number of nitrogens with one attached hydrogen (secondary N) is 1. The minimum atomic E-state index is -0.109. The Morgan fingerprint density at radius 3 is 2.66 bits per heavy atom. The van der Waals surface area contributed by atoms with E-state index in [0.29, 0.717) is 21.6 Å². The van der Waals surface area contributed by atoms with Crippen molar-refractivity contribution in [1.82, 2.24) is 9.80 Å². The maximum atomic E-state index is 6.27. The van der Waals surface area contributed by atoms with Gasteiger partial charge in [-0.15, -0.1) is 0 Å². The van der Waals surface area contributed by atoms with Crippen LogP contribution in [-0.2, 0) is 4.74 Å². The number of fused-ring (bicyclic) bond motifs is 1. The van der Waals surface area contributed by atoms with Crippen LogP contribution in [0.5, 0.6) is 11.5 Å². The van der Waals surface area contributed by atoms with Crippen LogP contribution in [0.1, 0.15) is 25.1 Å². The van der Waals surface area contributed by atoms with Crippen LogP contribution in [0.15, 0.2) is 46.9 Å². The summed E-state index contributed by atoms with van der Waals surface area (Å²) >= 11 is 12.1. The molecule has 7 nitrogen and oxygen atoms in total. The van der Waals surface area contributed by atoms with E-state index in [4.69, 9.17) is 42.4 Å². The molecule has 4 rings (SSSR count). The van der Waals surface area contributed by atoms with E-state index in [9.17, 15) is 0 Å². The molecule has 1 fully saturated rings. The maximum absolute atomic E-state index is 6.27. The fraction of sp³-hybridized carbons (Fsp3) is 0.423. The molecule has 0 bridgehead atoms. The van der Waals surface area contributed by atoms with Crippen molar-refractivity contribution in [3.8, 4) is 11.5 Å². The summed E-state index contributed by atoms with van der Waals surface area (Å²) in [5.41, 5.74) is 1.46. The SMILES string of the molecule is COc1ccc(Cl)cc1NC(=S)N(CCCN1CCOCC1)[C@H](C)c1cc2cccc(OC)c2o1. The third kappa shape index (κ3) is 6.19. The van der Waals surface area contributed by atoms with Crippen molar-refractivity contribution in [2.45, 2.75) is 19.4 Å². The minimum absolute atomic E-state index is 0.109. The lowest BCUT2D eigenvalue weighted by Gasteiger charge is -2.32. The Morgan fingerprint density at radius 1 is 1.14 bits per heavy atom. The average molecular weight is 518 g/mol. The molecular formula is C26H32ClN3O4S. The van der Waals surface area contributed by atoms with Gasteiger partial charge < -0.3 is 28.8 Å². The van der Waals surface area contributed by atoms with Crippen molar-refractivity contribution in [2.75, 3.05) is 58.9 Å². The number of hydrogen-bond donors (Lipinski definition) is 1. The first-order valence-corrected chi connectivity index (χ1v) is 12.6. The molecular weight excluding hydrogens is 486 g/mol. The standard InChI is InChI=1S/C26H32ClN3O4S/c1-18(24-16-19-6-4-7-23(32-3)25(19)34-24)30(11-5-10-29-12-14-33-15-13-29)26(35)28-21-17-20(27)8-9-22(21)31-2/h4,6-9,16-18H,5,10-15H2,1-3H3,(H,28,35)/t18-/m1/s1. The van der Waals surface area contributed by atoms with Gasteiger partial charge in [-0.3, -0.25) is 4.90 Å². The monoisotopic (exact) mass is 517 g/mol. The van der Waals surface area contributed by atoms with Crippen LogP contribution in [0.3, 0.4) is 0 Å². The molecule has 0 aliphatic carbocycles. The third-order valence-electron chi connectivity index (χ3n) is 6.27. The molecule has 1 atom stereocenters. The lowest BCUT2D eigenvalue weighted by Crippen LogP contribution is -2.41. The number of thiocarbonyl (C=S) groups is 1. The van der Waals surface area contributed by atoms with Crippen molar-refractivity contribution in [1.29, 1.82) is 0 Å². The Labute approximate surface area is 216 Å². The highest BCUT2D eigenvalue weighted by atomic mass is 35.5. The molecule has 1 aromatic heterocycles. The van der Waals surface area contributed by atoms with Crippen molar-refractivity contribution in [2.24, 2.45) is 0 Å². The van der Waals surface area contributed by atoms with Gasteiger partial charge in [-0.25, -0.2) is 0 Å². The summed E-state index contributed by atoms with van der Waals surface area (Å²) in [6.45, 7) is 7.32. The third-order valence-corrected chi connectivity index (χ3v) is 6.84. The molecule has 0 spiro atoms. The van der Waals surface area contributed by atoms with Crippen LogP contribution in [0, 0.1) is 0 Å². The number of methoxy groups -OCH3 is 2. The number of rotatable bonds is 9. The molecule has 1 aliphatic heterocycles. The quantitative estimate of drug-likeness (QED) is 0.369. The molecule has 2 heterocycles. The number of benzene rings is 2. The number of ether oxygens (including phenoxy) is 3. The van der Waals surface area contributed by atoms with E-state index in [0.717, 1.165) is 68.2 Å². The highest BCUT2D eigenvalue weighted by Crippen LogP contribution is 2.34. The summed E-state index contributed by atoms with van der Waals surface area (Å²) in [5.74, 6) is 2.20. The predicted molar refractivity (Wildman–Crippen MR) is 144 cm³/mol. The van der Waals surface area contributed by atoms with Crippen molar-refractivity contribution >= 4 is 45.6 Å². The van der Waals surface area contributed by atoms with Crippen molar-refractivity contribution < 1.29 is 18.6 Å². The minimum Gasteiger partial charge on any atom is -0.495 e. The molecule has 0 amide bonds. The van der Waals surface area contributed by atoms with Gasteiger partial charge in [-0.1, -0.05) is 23.7 Å². The van der Waals surface area contributed by atoms with Crippen molar-refractivity contribution in [3.05, 3.63) is 53.2 Å². The van der Waals surface area contributed by atoms with E-state index >= 15 is 0 Å². The van der Waals surface area contributed by atoms with Crippen molar-refractivity contribution in [3.63, 3.8) is 0 Å². The van der Waals surface area contributed by atoms with Gasteiger partial charge >= 0.3 is 0 Å². The van der Waals surface area contributed by atoms with Crippen LogP contribution >= 0.6 is 23.8 Å². The predicted octanol–water partition coefficient (Wildman–Crippen LogP) is 5.59. The van der Waals surface area contributed by atoms with E-state index in [1.807, 2.05) is 30.3 Å². The molecule has 1 aliphatic rings. The Kier molecular flexibility index (Phi) is 8.73. The summed E-state index contributed by atoms with van der Waals surface area (Å²) in [5, 5.41) is 5.52. The van der Waals surface area contributed by atoms with Crippen LogP contribution in [-0.4, -0.2) is 68.5 Å². The Hall–Kier alpha value is -2.52. The van der Waals surface area contributed by atoms with Gasteiger partial charge in [0.1, 0.15) is 11.5 Å². The molecule has 188 valence electrons. The molecule has 3 aromatic rings. The molecule has 0 saturated carbocycles. The molecule has 0 unspecified atom stereocenters. The molecule has 9 heteroatoms. The zero-order valence-corrected chi connectivity index (χ0v) is 22.0. The van der Waals surface area contributed by atoms with Crippen LogP contribution in [0.4, 0.5) is 5.69 Å². The number of para-hydroxylation sites is 1. The first kappa shape index (κ1) is 25.6. The van der Waals surface area contributed by atoms with Gasteiger partial charge in [0, 0.05) is 36.6 Å². The molecule has 35 heavy (non-hydrogen) atoms. The summed E-state index contributed by atoms with van der Waals surface area (Å²) in [7, 11) is 3.28. The molecule has 0 radical (unpaired) electrons. The first-order valence-electron chi connectivity index (χ1n) is 11.8. The zero-order valence-electron chi connectivity index (χ0n) is 20.4. The fourth-order valence-electron chi connectivity index (χ4n) is 4.30. The fourth-order valence-corrected chi connectivity index (χ4v) is 4.83. The number of furan rings is 1. The Balaban J connectivity index is 1.56. The normalized spacial score (nSPS) is 15.1. The average Bonchev–Trinajstić information content (AvgIpc) is 3.32. The zero-order chi connectivity index (χ0) is 24.8. The lowest BCUT2D eigenvalue weighted by molar-refractivity contribution is 0.0365. The Bertz CT molecular complexity index is 1150. The largest absolute Gasteiger partial charge is 0.495 e. The summed E-state index contributed by atoms with van der Waals surface area (Å²) < 4.78 is 22.7. The topological polar surface area (TPSA) is 59.3 Å². The lowest BCUT2D eigenvalue weighted by atomic mass is 10.2. The van der Waals surface area contributed by atoms with E-state index in [-0.39, 0.29) is 6.04 Å². The van der Waals surface area contributed by atoms with Gasteiger partial charge in [0.2, 0.25) is 0 Å². The van der Waals surface area contributed by atoms with Gasteiger partial charge in [0.25, 0.3) is 0 Å². The van der Waals surface area contributed by atoms with E-state index in [1.165, 1.54) is 0 Å². The molecule has 1 N–H and O–H groups in total. The molecule has 2 aromatic carbocycles. The van der Waals surface area contributed by atoms with Gasteiger partial charge in [0.15, 0.2) is 16.4 Å². The second-order valence-electron chi connectivity index (χ2n) is 8.48. The van der Waals surface area contributed by atoms with Crippen LogP contribution in [0.2, 0.25) is 5.02 Å². The smallest absolute Gasteiger partial charge is 0.176 e. The van der Waals surface area contributed by atoms with Gasteiger partial charge in [0.05, 0.1) is 39.2 Å². The first-order chi connectivity index (χ1) is 17.0. The second kappa shape index (κ2) is 11.9. The number of nitrogens with zero attached hydrogens (tertiary/aromatic N) is 2. The van der Waals surface area contributed by atoms with E-state index in [1.54, 1.807) is 20.3 Å². The summed E-state index contributed by atoms with van der Waals surface area (Å²) in [6.07, 6.45) is 0.947. The van der Waals surface area contributed by atoms with E-state index in [2.05, 4.69) is 28.1 Å². The van der Waals surface area contributed by atoms with Gasteiger partial charge in [-0.2, -0.15) is 0 Å². The number of morpholine rings is 1. The van der Waals surface area contributed by atoms with Crippen LogP contribution < -0.4 is 14.8 Å². The summed E-state index contributed by atoms with van der Waals surface area (Å²) in [6, 6.07) is 13.3. The highest BCUT2D eigenvalue weighted by molar-refractivity contribution is 7.80. The van der Waals surface area contributed by atoms with Crippen LogP contribution in [0.25, 0.3) is 11.0 Å². The summed E-state index contributed by atoms with van der Waals surface area (Å²) in [4.78, 5) is 4.58. The number of anilines is 1. The number of hydrogen-bond acceptors (Lipinski definition) is 6. The van der Waals surface area contributed by atoms with E-state index < -0.39 is 0 Å². The second-order valence-corrected chi connectivity index (χ2v) is 9.30.